The molecule has 6 rings (SSSR count). The van der Waals surface area contributed by atoms with Crippen LogP contribution in [0.15, 0.2) is 36.8 Å². The highest BCUT2D eigenvalue weighted by Gasteiger charge is 2.35. The third-order valence-electron chi connectivity index (χ3n) is 7.53. The lowest BCUT2D eigenvalue weighted by Crippen LogP contribution is -2.47. The lowest BCUT2D eigenvalue weighted by Gasteiger charge is -2.37. The Morgan fingerprint density at radius 2 is 2.00 bits per heavy atom. The molecule has 1 amide bonds. The molecule has 5 heterocycles. The van der Waals surface area contributed by atoms with Crippen LogP contribution in [-0.4, -0.2) is 50.2 Å². The topological polar surface area (TPSA) is 79.5 Å². The summed E-state index contributed by atoms with van der Waals surface area (Å²) in [5, 5.41) is 12.2. The van der Waals surface area contributed by atoms with Gasteiger partial charge in [0.2, 0.25) is 0 Å². The minimum absolute atomic E-state index is 0.239. The van der Waals surface area contributed by atoms with Crippen molar-refractivity contribution in [2.45, 2.75) is 64.2 Å². The Balaban J connectivity index is 1.33. The van der Waals surface area contributed by atoms with Gasteiger partial charge in [-0.2, -0.15) is 5.10 Å². The van der Waals surface area contributed by atoms with E-state index in [9.17, 15) is 9.18 Å². The lowest BCUT2D eigenvalue weighted by atomic mass is 9.97. The molecule has 4 aromatic rings. The quantitative estimate of drug-likeness (QED) is 0.454. The molecule has 35 heavy (non-hydrogen) atoms. The van der Waals surface area contributed by atoms with E-state index < -0.39 is 5.82 Å². The van der Waals surface area contributed by atoms with Gasteiger partial charge in [0, 0.05) is 67.4 Å². The van der Waals surface area contributed by atoms with Gasteiger partial charge in [0.25, 0.3) is 5.91 Å². The Labute approximate surface area is 203 Å². The highest BCUT2D eigenvalue weighted by atomic mass is 19.1. The van der Waals surface area contributed by atoms with Gasteiger partial charge in [-0.1, -0.05) is 0 Å². The van der Waals surface area contributed by atoms with E-state index in [-0.39, 0.29) is 11.6 Å². The first-order valence-electron chi connectivity index (χ1n) is 12.3. The van der Waals surface area contributed by atoms with Crippen LogP contribution in [0.1, 0.15) is 48.7 Å². The second-order valence-electron chi connectivity index (χ2n) is 9.90. The molecule has 0 aliphatic carbocycles. The average Bonchev–Trinajstić information content (AvgIpc) is 3.53. The van der Waals surface area contributed by atoms with Gasteiger partial charge < -0.3 is 19.9 Å². The number of halogens is 1. The molecule has 0 spiro atoms. The van der Waals surface area contributed by atoms with Gasteiger partial charge in [-0.15, -0.1) is 0 Å². The van der Waals surface area contributed by atoms with Crippen LogP contribution >= 0.6 is 0 Å². The third kappa shape index (κ3) is 3.83. The summed E-state index contributed by atoms with van der Waals surface area (Å²) in [6.07, 6.45) is 10.2. The smallest absolute Gasteiger partial charge is 0.257 e. The van der Waals surface area contributed by atoms with Crippen molar-refractivity contribution in [3.63, 3.8) is 0 Å². The monoisotopic (exact) mass is 475 g/mol. The van der Waals surface area contributed by atoms with Crippen LogP contribution in [0, 0.1) is 12.7 Å². The molecule has 9 heteroatoms. The van der Waals surface area contributed by atoms with Gasteiger partial charge in [-0.3, -0.25) is 9.48 Å². The molecule has 2 N–H and O–H groups in total. The van der Waals surface area contributed by atoms with Crippen molar-refractivity contribution in [3.05, 3.63) is 53.9 Å². The molecule has 8 nitrogen and oxygen atoms in total. The standard InChI is InChI=1S/C26H30FN7O/c1-4-34-14-21-23(32(3)19-9-16-5-6-17(10-19)29-16)8-7-20(24(21)31-34)26(35)30-18-11-22(27)25-28-15(2)12-33(25)13-18/h7-8,11-14,16-17,19,29H,4-6,9-10H2,1-3H3,(H,30,35)/t16-,17+,19?. The number of hydrogen-bond acceptors (Lipinski definition) is 5. The van der Waals surface area contributed by atoms with Gasteiger partial charge in [0.1, 0.15) is 5.52 Å². The second kappa shape index (κ2) is 8.34. The largest absolute Gasteiger partial charge is 0.371 e. The van der Waals surface area contributed by atoms with E-state index in [1.165, 1.54) is 18.9 Å². The van der Waals surface area contributed by atoms with Crippen LogP contribution < -0.4 is 15.5 Å². The minimum atomic E-state index is -0.482. The zero-order chi connectivity index (χ0) is 24.3. The van der Waals surface area contributed by atoms with Gasteiger partial charge >= 0.3 is 0 Å². The first kappa shape index (κ1) is 22.0. The Morgan fingerprint density at radius 3 is 2.74 bits per heavy atom. The number of aryl methyl sites for hydroxylation is 2. The number of carbonyl (C=O) groups is 1. The number of benzene rings is 1. The molecule has 1 unspecified atom stereocenters. The van der Waals surface area contributed by atoms with Crippen LogP contribution in [-0.2, 0) is 6.54 Å². The molecule has 182 valence electrons. The number of aromatic nitrogens is 4. The van der Waals surface area contributed by atoms with Crippen molar-refractivity contribution >= 4 is 33.8 Å². The van der Waals surface area contributed by atoms with Crippen molar-refractivity contribution in [2.24, 2.45) is 0 Å². The number of nitrogens with one attached hydrogen (secondary N) is 2. The summed E-state index contributed by atoms with van der Waals surface area (Å²) < 4.78 is 18.0. The van der Waals surface area contributed by atoms with Crippen LogP contribution in [0.2, 0.25) is 0 Å². The number of fused-ring (bicyclic) bond motifs is 4. The summed E-state index contributed by atoms with van der Waals surface area (Å²) in [6.45, 7) is 4.54. The van der Waals surface area contributed by atoms with Crippen LogP contribution in [0.4, 0.5) is 15.8 Å². The van der Waals surface area contributed by atoms with Gasteiger partial charge in [-0.25, -0.2) is 9.37 Å². The summed E-state index contributed by atoms with van der Waals surface area (Å²) in [5.74, 6) is -0.801. The van der Waals surface area contributed by atoms with E-state index in [1.807, 2.05) is 29.9 Å². The minimum Gasteiger partial charge on any atom is -0.371 e. The van der Waals surface area contributed by atoms with Gasteiger partial charge in [-0.05, 0) is 51.7 Å². The molecule has 2 bridgehead atoms. The Bertz CT molecular complexity index is 1430. The predicted octanol–water partition coefficient (Wildman–Crippen LogP) is 4.12. The summed E-state index contributed by atoms with van der Waals surface area (Å²) in [7, 11) is 2.15. The van der Waals surface area contributed by atoms with Gasteiger partial charge in [0.05, 0.1) is 16.9 Å². The molecule has 0 radical (unpaired) electrons. The first-order chi connectivity index (χ1) is 16.9. The summed E-state index contributed by atoms with van der Waals surface area (Å²) in [5.41, 5.74) is 3.53. The molecular weight excluding hydrogens is 445 g/mol. The van der Waals surface area contributed by atoms with E-state index >= 15 is 0 Å². The Kier molecular flexibility index (Phi) is 5.25. The number of imidazole rings is 1. The number of nitrogens with zero attached hydrogens (tertiary/aromatic N) is 5. The number of pyridine rings is 1. The fraction of sp³-hybridized carbons (Fsp3) is 0.423. The molecule has 3 aromatic heterocycles. The number of carbonyl (C=O) groups excluding carboxylic acids is 1. The number of amides is 1. The lowest BCUT2D eigenvalue weighted by molar-refractivity contribution is 0.102. The fourth-order valence-electron chi connectivity index (χ4n) is 5.78. The highest BCUT2D eigenvalue weighted by Crippen LogP contribution is 2.35. The van der Waals surface area contributed by atoms with Gasteiger partial charge in [0.15, 0.2) is 11.5 Å². The SMILES string of the molecule is CCn1cc2c(N(C)C3C[C@H]4CC[C@@H](C3)N4)ccc(C(=O)Nc3cc(F)c4nc(C)cn4c3)c2n1. The zero-order valence-electron chi connectivity index (χ0n) is 20.3. The number of anilines is 2. The summed E-state index contributed by atoms with van der Waals surface area (Å²) in [4.78, 5) is 19.9. The fourth-order valence-corrected chi connectivity index (χ4v) is 5.78. The summed E-state index contributed by atoms with van der Waals surface area (Å²) in [6, 6.07) is 6.80. The van der Waals surface area contributed by atoms with E-state index in [4.69, 9.17) is 5.10 Å². The van der Waals surface area contributed by atoms with Crippen molar-refractivity contribution in [3.8, 4) is 0 Å². The molecule has 2 aliphatic heterocycles. The van der Waals surface area contributed by atoms with Crippen molar-refractivity contribution in [2.75, 3.05) is 17.3 Å². The van der Waals surface area contributed by atoms with Crippen LogP contribution in [0.25, 0.3) is 16.6 Å². The third-order valence-corrected chi connectivity index (χ3v) is 7.53. The Morgan fingerprint density at radius 1 is 1.23 bits per heavy atom. The zero-order valence-corrected chi connectivity index (χ0v) is 20.3. The van der Waals surface area contributed by atoms with E-state index in [0.717, 1.165) is 23.9 Å². The van der Waals surface area contributed by atoms with Crippen LogP contribution in [0.3, 0.4) is 0 Å². The predicted molar refractivity (Wildman–Crippen MR) is 135 cm³/mol. The second-order valence-corrected chi connectivity index (χ2v) is 9.90. The van der Waals surface area contributed by atoms with Crippen molar-refractivity contribution in [1.29, 1.82) is 0 Å². The Hall–Kier alpha value is -3.46. The molecule has 3 atom stereocenters. The van der Waals surface area contributed by atoms with Crippen molar-refractivity contribution < 1.29 is 9.18 Å². The van der Waals surface area contributed by atoms with Crippen molar-refractivity contribution in [1.82, 2.24) is 24.5 Å². The van der Waals surface area contributed by atoms with E-state index in [1.54, 1.807) is 23.7 Å². The van der Waals surface area contributed by atoms with Crippen LogP contribution in [0.5, 0.6) is 0 Å². The van der Waals surface area contributed by atoms with E-state index in [0.29, 0.717) is 47.1 Å². The molecule has 1 aromatic carbocycles. The molecule has 2 aliphatic rings. The maximum Gasteiger partial charge on any atom is 0.257 e. The number of piperidine rings is 1. The highest BCUT2D eigenvalue weighted by molar-refractivity contribution is 6.13. The van der Waals surface area contributed by atoms with E-state index in [2.05, 4.69) is 27.6 Å². The normalized spacial score (nSPS) is 21.7. The number of rotatable bonds is 5. The maximum absolute atomic E-state index is 14.5. The average molecular weight is 476 g/mol. The molecular formula is C26H30FN7O. The molecule has 2 saturated heterocycles. The summed E-state index contributed by atoms with van der Waals surface area (Å²) >= 11 is 0. The molecule has 0 saturated carbocycles. The maximum atomic E-state index is 14.5. The first-order valence-corrected chi connectivity index (χ1v) is 12.3. The molecule has 2 fully saturated rings. The number of hydrogen-bond donors (Lipinski definition) is 2.